The molecule has 1 aliphatic rings. The van der Waals surface area contributed by atoms with E-state index in [2.05, 4.69) is 21.3 Å². The number of carbonyl (C=O) groups excluding carboxylic acids is 2. The first kappa shape index (κ1) is 22.7. The van der Waals surface area contributed by atoms with Crippen LogP contribution in [0.5, 0.6) is 0 Å². The molecular formula is C26H28N4O3. The third-order valence-corrected chi connectivity index (χ3v) is 5.74. The number of fused-ring (bicyclic) bond motifs is 1. The van der Waals surface area contributed by atoms with Crippen molar-refractivity contribution in [2.24, 2.45) is 0 Å². The lowest BCUT2D eigenvalue weighted by Crippen LogP contribution is -2.42. The van der Waals surface area contributed by atoms with E-state index in [0.717, 1.165) is 47.9 Å². The minimum Gasteiger partial charge on any atom is -0.356 e. The van der Waals surface area contributed by atoms with Gasteiger partial charge in [0.1, 0.15) is 11.5 Å². The quantitative estimate of drug-likeness (QED) is 0.563. The monoisotopic (exact) mass is 444 g/mol. The fourth-order valence-corrected chi connectivity index (χ4v) is 3.95. The summed E-state index contributed by atoms with van der Waals surface area (Å²) in [5.74, 6) is 2.21. The first-order valence-corrected chi connectivity index (χ1v) is 11.2. The van der Waals surface area contributed by atoms with Crippen LogP contribution in [0.2, 0.25) is 0 Å². The summed E-state index contributed by atoms with van der Waals surface area (Å²) in [5, 5.41) is 8.29. The van der Waals surface area contributed by atoms with Crippen molar-refractivity contribution in [3.8, 4) is 12.3 Å². The van der Waals surface area contributed by atoms with E-state index in [9.17, 15) is 9.59 Å². The Kier molecular flexibility index (Phi) is 6.57. The smallest absolute Gasteiger partial charge is 0.271 e. The number of ether oxygens (including phenoxy) is 1. The number of pyridine rings is 1. The van der Waals surface area contributed by atoms with Gasteiger partial charge in [-0.1, -0.05) is 18.1 Å². The molecule has 7 nitrogen and oxygen atoms in total. The number of nitrogens with zero attached hydrogens (tertiary/aromatic N) is 3. The van der Waals surface area contributed by atoms with Crippen molar-refractivity contribution < 1.29 is 14.3 Å². The van der Waals surface area contributed by atoms with Gasteiger partial charge in [-0.25, -0.2) is 4.68 Å². The Balaban J connectivity index is 1.45. The normalized spacial score (nSPS) is 16.3. The summed E-state index contributed by atoms with van der Waals surface area (Å²) < 4.78 is 7.81. The topological polar surface area (TPSA) is 86.1 Å². The van der Waals surface area contributed by atoms with Crippen LogP contribution in [0, 0.1) is 12.3 Å². The molecule has 1 fully saturated rings. The van der Waals surface area contributed by atoms with Crippen LogP contribution in [0.1, 0.15) is 61.0 Å². The first-order chi connectivity index (χ1) is 15.8. The predicted molar refractivity (Wildman–Crippen MR) is 126 cm³/mol. The van der Waals surface area contributed by atoms with E-state index >= 15 is 0 Å². The molecule has 1 aromatic carbocycles. The molecule has 0 bridgehead atoms. The lowest BCUT2D eigenvalue weighted by Gasteiger charge is -2.23. The van der Waals surface area contributed by atoms with E-state index in [-0.39, 0.29) is 30.0 Å². The SMILES string of the molecule is C#CC(C)(C)NC(=O)c1cc(CC(=O)Cc2ccc3cnn(C4CCCCO4)c3c2)ccn1. The third-order valence-electron chi connectivity index (χ3n) is 5.74. The Morgan fingerprint density at radius 1 is 1.21 bits per heavy atom. The van der Waals surface area contributed by atoms with Gasteiger partial charge in [-0.05, 0) is 62.4 Å². The van der Waals surface area contributed by atoms with Crippen molar-refractivity contribution in [2.75, 3.05) is 6.61 Å². The first-order valence-electron chi connectivity index (χ1n) is 11.2. The molecule has 1 saturated heterocycles. The van der Waals surface area contributed by atoms with Crippen molar-refractivity contribution in [1.29, 1.82) is 0 Å². The molecule has 1 atom stereocenters. The van der Waals surface area contributed by atoms with Crippen molar-refractivity contribution in [1.82, 2.24) is 20.1 Å². The van der Waals surface area contributed by atoms with E-state index in [1.54, 1.807) is 26.0 Å². The Labute approximate surface area is 193 Å². The van der Waals surface area contributed by atoms with Crippen LogP contribution in [-0.4, -0.2) is 38.6 Å². The highest BCUT2D eigenvalue weighted by molar-refractivity contribution is 5.93. The summed E-state index contributed by atoms with van der Waals surface area (Å²) in [5.41, 5.74) is 2.10. The minimum atomic E-state index is -0.779. The van der Waals surface area contributed by atoms with Gasteiger partial charge in [-0.15, -0.1) is 6.42 Å². The van der Waals surface area contributed by atoms with Crippen molar-refractivity contribution >= 4 is 22.6 Å². The van der Waals surface area contributed by atoms with Gasteiger partial charge >= 0.3 is 0 Å². The van der Waals surface area contributed by atoms with Gasteiger partial charge in [-0.2, -0.15) is 5.10 Å². The maximum Gasteiger partial charge on any atom is 0.271 e. The molecule has 3 heterocycles. The van der Waals surface area contributed by atoms with Crippen LogP contribution < -0.4 is 5.32 Å². The van der Waals surface area contributed by atoms with Crippen LogP contribution in [0.4, 0.5) is 0 Å². The van der Waals surface area contributed by atoms with Crippen molar-refractivity contribution in [2.45, 2.75) is 57.7 Å². The number of amides is 1. The number of hydrogen-bond acceptors (Lipinski definition) is 5. The molecular weight excluding hydrogens is 416 g/mol. The van der Waals surface area contributed by atoms with E-state index in [1.807, 2.05) is 29.1 Å². The molecule has 4 rings (SSSR count). The van der Waals surface area contributed by atoms with Crippen LogP contribution in [0.15, 0.2) is 42.7 Å². The second-order valence-electron chi connectivity index (χ2n) is 8.97. The molecule has 170 valence electrons. The zero-order chi connectivity index (χ0) is 23.4. The zero-order valence-electron chi connectivity index (χ0n) is 19.0. The summed E-state index contributed by atoms with van der Waals surface area (Å²) in [6.45, 7) is 4.22. The largest absolute Gasteiger partial charge is 0.356 e. The minimum absolute atomic E-state index is 0.0517. The molecule has 1 N–H and O–H groups in total. The summed E-state index contributed by atoms with van der Waals surface area (Å²) in [4.78, 5) is 29.4. The lowest BCUT2D eigenvalue weighted by molar-refractivity contribution is -0.117. The Bertz CT molecular complexity index is 1220. The Morgan fingerprint density at radius 3 is 2.73 bits per heavy atom. The average molecular weight is 445 g/mol. The number of ketones is 1. The summed E-state index contributed by atoms with van der Waals surface area (Å²) in [6, 6.07) is 9.36. The zero-order valence-corrected chi connectivity index (χ0v) is 19.0. The highest BCUT2D eigenvalue weighted by atomic mass is 16.5. The molecule has 1 amide bonds. The van der Waals surface area contributed by atoms with Crippen LogP contribution in [0.25, 0.3) is 10.9 Å². The van der Waals surface area contributed by atoms with Gasteiger partial charge in [-0.3, -0.25) is 14.6 Å². The summed E-state index contributed by atoms with van der Waals surface area (Å²) >= 11 is 0. The van der Waals surface area contributed by atoms with E-state index in [0.29, 0.717) is 6.42 Å². The lowest BCUT2D eigenvalue weighted by atomic mass is 10.0. The number of benzene rings is 1. The Hall–Kier alpha value is -3.50. The fourth-order valence-electron chi connectivity index (χ4n) is 3.95. The molecule has 1 unspecified atom stereocenters. The molecule has 1 aliphatic heterocycles. The van der Waals surface area contributed by atoms with Gasteiger partial charge in [0.15, 0.2) is 6.23 Å². The van der Waals surface area contributed by atoms with Crippen molar-refractivity contribution in [3.05, 3.63) is 59.5 Å². The molecule has 0 spiro atoms. The third kappa shape index (κ3) is 5.47. The number of carbonyl (C=O) groups is 2. The molecule has 0 aliphatic carbocycles. The maximum absolute atomic E-state index is 12.8. The van der Waals surface area contributed by atoms with E-state index in [1.165, 1.54) is 6.20 Å². The Morgan fingerprint density at radius 2 is 2.00 bits per heavy atom. The molecule has 0 saturated carbocycles. The average Bonchev–Trinajstić information content (AvgIpc) is 3.23. The van der Waals surface area contributed by atoms with Crippen LogP contribution in [-0.2, 0) is 22.4 Å². The standard InChI is InChI=1S/C26H28N4O3/c1-4-26(2,3)29-25(32)22-15-19(10-11-27-22)14-21(31)13-18-8-9-20-17-28-30(23(20)16-18)24-7-5-6-12-33-24/h1,8-11,15-17,24H,5-7,12-14H2,2-3H3,(H,29,32). The number of rotatable bonds is 7. The number of Topliss-reactive ketones (excluding diaryl/α,β-unsaturated/α-hetero) is 1. The molecule has 3 aromatic rings. The number of hydrogen-bond donors (Lipinski definition) is 1. The van der Waals surface area contributed by atoms with Gasteiger partial charge in [0.05, 0.1) is 17.3 Å². The molecule has 7 heteroatoms. The predicted octanol–water partition coefficient (Wildman–Crippen LogP) is 3.63. The number of aromatic nitrogens is 3. The molecule has 0 radical (unpaired) electrons. The number of terminal acetylenes is 1. The summed E-state index contributed by atoms with van der Waals surface area (Å²) in [6.07, 6.45) is 12.4. The van der Waals surface area contributed by atoms with Crippen LogP contribution >= 0.6 is 0 Å². The van der Waals surface area contributed by atoms with Crippen LogP contribution in [0.3, 0.4) is 0 Å². The number of nitrogens with one attached hydrogen (secondary N) is 1. The van der Waals surface area contributed by atoms with Crippen molar-refractivity contribution in [3.63, 3.8) is 0 Å². The summed E-state index contributed by atoms with van der Waals surface area (Å²) in [7, 11) is 0. The highest BCUT2D eigenvalue weighted by Gasteiger charge is 2.20. The van der Waals surface area contributed by atoms with Gasteiger partial charge in [0.25, 0.3) is 5.91 Å². The second kappa shape index (κ2) is 9.55. The van der Waals surface area contributed by atoms with E-state index < -0.39 is 5.54 Å². The van der Waals surface area contributed by atoms with E-state index in [4.69, 9.17) is 11.2 Å². The second-order valence-corrected chi connectivity index (χ2v) is 8.97. The van der Waals surface area contributed by atoms with Gasteiger partial charge < -0.3 is 10.1 Å². The van der Waals surface area contributed by atoms with Gasteiger partial charge in [0, 0.05) is 31.0 Å². The molecule has 2 aromatic heterocycles. The molecule has 33 heavy (non-hydrogen) atoms. The fraction of sp³-hybridized carbons (Fsp3) is 0.385. The maximum atomic E-state index is 12.8. The van der Waals surface area contributed by atoms with Gasteiger partial charge in [0.2, 0.25) is 0 Å². The highest BCUT2D eigenvalue weighted by Crippen LogP contribution is 2.27.